The highest BCUT2D eigenvalue weighted by Gasteiger charge is 2.13. The summed E-state index contributed by atoms with van der Waals surface area (Å²) >= 11 is 5.68. The molecule has 1 atom stereocenters. The van der Waals surface area contributed by atoms with Crippen LogP contribution in [0.25, 0.3) is 0 Å². The summed E-state index contributed by atoms with van der Waals surface area (Å²) in [4.78, 5) is 0. The summed E-state index contributed by atoms with van der Waals surface area (Å²) in [7, 11) is 0. The van der Waals surface area contributed by atoms with Crippen molar-refractivity contribution in [2.45, 2.75) is 25.8 Å². The first-order valence-electron chi connectivity index (χ1n) is 7.02. The molecule has 0 bridgehead atoms. The Kier molecular flexibility index (Phi) is 6.64. The summed E-state index contributed by atoms with van der Waals surface area (Å²) in [6, 6.07) is 13.7. The van der Waals surface area contributed by atoms with Crippen molar-refractivity contribution in [2.24, 2.45) is 0 Å². The molecule has 2 rings (SSSR count). The molecule has 1 unspecified atom stereocenters. The predicted molar refractivity (Wildman–Crippen MR) is 98.0 cm³/mol. The number of rotatable bonds is 6. The summed E-state index contributed by atoms with van der Waals surface area (Å²) < 4.78 is 15.6. The number of hydrogen-bond acceptors (Lipinski definition) is 1. The zero-order valence-electron chi connectivity index (χ0n) is 11.9. The monoisotopic (exact) mass is 461 g/mol. The predicted octanol–water partition coefficient (Wildman–Crippen LogP) is 5.48. The van der Waals surface area contributed by atoms with Crippen LogP contribution in [0.2, 0.25) is 0 Å². The standard InChI is InChI=1S/C17H18BrFIN/c1-2-7-21-17(8-12-3-5-16(20)6-4-12)13-9-14(18)11-15(19)10-13/h3-6,9-11,17,21H,2,7-8H2,1H3. The number of nitrogens with one attached hydrogen (secondary N) is 1. The molecular formula is C17H18BrFIN. The maximum absolute atomic E-state index is 13.6. The van der Waals surface area contributed by atoms with Gasteiger partial charge in [0.1, 0.15) is 5.82 Å². The lowest BCUT2D eigenvalue weighted by Gasteiger charge is -2.20. The van der Waals surface area contributed by atoms with E-state index in [9.17, 15) is 4.39 Å². The van der Waals surface area contributed by atoms with Gasteiger partial charge in [-0.3, -0.25) is 0 Å². The van der Waals surface area contributed by atoms with Gasteiger partial charge in [-0.1, -0.05) is 35.0 Å². The highest BCUT2D eigenvalue weighted by molar-refractivity contribution is 14.1. The van der Waals surface area contributed by atoms with Gasteiger partial charge in [-0.15, -0.1) is 0 Å². The number of halogens is 3. The van der Waals surface area contributed by atoms with Gasteiger partial charge in [0.2, 0.25) is 0 Å². The third-order valence-corrected chi connectivity index (χ3v) is 4.46. The zero-order valence-corrected chi connectivity index (χ0v) is 15.6. The molecule has 112 valence electrons. The van der Waals surface area contributed by atoms with Crippen LogP contribution >= 0.6 is 38.5 Å². The van der Waals surface area contributed by atoms with Crippen LogP contribution in [0.15, 0.2) is 46.9 Å². The molecule has 0 aliphatic rings. The van der Waals surface area contributed by atoms with Crippen LogP contribution in [0.5, 0.6) is 0 Å². The van der Waals surface area contributed by atoms with Crippen LogP contribution in [0.4, 0.5) is 4.39 Å². The molecule has 1 nitrogen and oxygen atoms in total. The van der Waals surface area contributed by atoms with Gasteiger partial charge in [0.15, 0.2) is 0 Å². The molecule has 0 fully saturated rings. The molecule has 2 aromatic rings. The molecule has 1 N–H and O–H groups in total. The van der Waals surface area contributed by atoms with Crippen LogP contribution < -0.4 is 5.32 Å². The van der Waals surface area contributed by atoms with Crippen LogP contribution in [0, 0.1) is 9.39 Å². The minimum Gasteiger partial charge on any atom is -0.310 e. The van der Waals surface area contributed by atoms with E-state index in [0.717, 1.165) is 29.4 Å². The largest absolute Gasteiger partial charge is 0.310 e. The molecule has 21 heavy (non-hydrogen) atoms. The minimum atomic E-state index is -0.203. The molecule has 0 aliphatic heterocycles. The van der Waals surface area contributed by atoms with Crippen molar-refractivity contribution in [3.8, 4) is 0 Å². The van der Waals surface area contributed by atoms with E-state index in [1.807, 2.05) is 6.07 Å². The SMILES string of the molecule is CCCNC(Cc1ccc(I)cc1)c1cc(F)cc(Br)c1. The van der Waals surface area contributed by atoms with Gasteiger partial charge < -0.3 is 5.32 Å². The Morgan fingerprint density at radius 3 is 2.52 bits per heavy atom. The van der Waals surface area contributed by atoms with Crippen molar-refractivity contribution < 1.29 is 4.39 Å². The molecule has 0 radical (unpaired) electrons. The molecule has 0 amide bonds. The summed E-state index contributed by atoms with van der Waals surface area (Å²) in [6.07, 6.45) is 1.91. The van der Waals surface area contributed by atoms with Crippen LogP contribution in [-0.2, 0) is 6.42 Å². The lowest BCUT2D eigenvalue weighted by Crippen LogP contribution is -2.24. The Morgan fingerprint density at radius 1 is 1.19 bits per heavy atom. The zero-order chi connectivity index (χ0) is 15.2. The topological polar surface area (TPSA) is 12.0 Å². The second-order valence-corrected chi connectivity index (χ2v) is 7.20. The molecule has 0 heterocycles. The average Bonchev–Trinajstić information content (AvgIpc) is 2.44. The number of benzene rings is 2. The van der Waals surface area contributed by atoms with Crippen LogP contribution in [-0.4, -0.2) is 6.54 Å². The van der Waals surface area contributed by atoms with Gasteiger partial charge in [-0.25, -0.2) is 4.39 Å². The lowest BCUT2D eigenvalue weighted by atomic mass is 9.98. The van der Waals surface area contributed by atoms with Crippen molar-refractivity contribution in [1.82, 2.24) is 5.32 Å². The summed E-state index contributed by atoms with van der Waals surface area (Å²) in [5.41, 5.74) is 2.23. The Morgan fingerprint density at radius 2 is 1.90 bits per heavy atom. The number of hydrogen-bond donors (Lipinski definition) is 1. The van der Waals surface area contributed by atoms with E-state index in [4.69, 9.17) is 0 Å². The van der Waals surface area contributed by atoms with E-state index in [-0.39, 0.29) is 11.9 Å². The van der Waals surface area contributed by atoms with Crippen molar-refractivity contribution in [3.05, 3.63) is 67.5 Å². The molecule has 0 aromatic heterocycles. The fraction of sp³-hybridized carbons (Fsp3) is 0.294. The van der Waals surface area contributed by atoms with E-state index in [0.29, 0.717) is 0 Å². The normalized spacial score (nSPS) is 12.4. The average molecular weight is 462 g/mol. The first kappa shape index (κ1) is 16.9. The quantitative estimate of drug-likeness (QED) is 0.562. The first-order chi connectivity index (χ1) is 10.1. The van der Waals surface area contributed by atoms with E-state index >= 15 is 0 Å². The highest BCUT2D eigenvalue weighted by atomic mass is 127. The molecule has 4 heteroatoms. The van der Waals surface area contributed by atoms with Crippen LogP contribution in [0.3, 0.4) is 0 Å². The fourth-order valence-electron chi connectivity index (χ4n) is 2.26. The summed E-state index contributed by atoms with van der Waals surface area (Å²) in [5.74, 6) is -0.203. The van der Waals surface area contributed by atoms with E-state index in [2.05, 4.69) is 75.0 Å². The molecule has 0 saturated carbocycles. The van der Waals surface area contributed by atoms with Crippen molar-refractivity contribution >= 4 is 38.5 Å². The van der Waals surface area contributed by atoms with Crippen LogP contribution in [0.1, 0.15) is 30.5 Å². The maximum Gasteiger partial charge on any atom is 0.124 e. The molecule has 2 aromatic carbocycles. The Bertz CT molecular complexity index is 566. The third kappa shape index (κ3) is 5.34. The molecular weight excluding hydrogens is 444 g/mol. The van der Waals surface area contributed by atoms with Crippen molar-refractivity contribution in [3.63, 3.8) is 0 Å². The Hall–Kier alpha value is -0.460. The molecule has 0 saturated heterocycles. The summed E-state index contributed by atoms with van der Waals surface area (Å²) in [6.45, 7) is 3.06. The highest BCUT2D eigenvalue weighted by Crippen LogP contribution is 2.24. The Balaban J connectivity index is 2.22. The second-order valence-electron chi connectivity index (χ2n) is 5.04. The Labute approximate surface area is 147 Å². The van der Waals surface area contributed by atoms with Gasteiger partial charge in [0.25, 0.3) is 0 Å². The van der Waals surface area contributed by atoms with E-state index < -0.39 is 0 Å². The smallest absolute Gasteiger partial charge is 0.124 e. The third-order valence-electron chi connectivity index (χ3n) is 3.28. The van der Waals surface area contributed by atoms with E-state index in [1.165, 1.54) is 15.2 Å². The van der Waals surface area contributed by atoms with Gasteiger partial charge in [0.05, 0.1) is 0 Å². The van der Waals surface area contributed by atoms with Gasteiger partial charge in [-0.05, 0) is 83.4 Å². The van der Waals surface area contributed by atoms with Crippen molar-refractivity contribution in [2.75, 3.05) is 6.54 Å². The molecule has 0 aliphatic carbocycles. The fourth-order valence-corrected chi connectivity index (χ4v) is 3.10. The molecule has 0 spiro atoms. The lowest BCUT2D eigenvalue weighted by molar-refractivity contribution is 0.524. The second kappa shape index (κ2) is 8.25. The van der Waals surface area contributed by atoms with Gasteiger partial charge >= 0.3 is 0 Å². The minimum absolute atomic E-state index is 0.122. The maximum atomic E-state index is 13.6. The first-order valence-corrected chi connectivity index (χ1v) is 8.89. The van der Waals surface area contributed by atoms with Crippen molar-refractivity contribution in [1.29, 1.82) is 0 Å². The van der Waals surface area contributed by atoms with Gasteiger partial charge in [0, 0.05) is 14.1 Å². The summed E-state index contributed by atoms with van der Waals surface area (Å²) in [5, 5.41) is 3.51. The van der Waals surface area contributed by atoms with E-state index in [1.54, 1.807) is 6.07 Å². The van der Waals surface area contributed by atoms with Gasteiger partial charge in [-0.2, -0.15) is 0 Å².